The Labute approximate surface area is 180 Å². The van der Waals surface area contributed by atoms with Gasteiger partial charge in [-0.2, -0.15) is 5.10 Å². The molecule has 3 aromatic rings. The van der Waals surface area contributed by atoms with Crippen LogP contribution in [0.3, 0.4) is 0 Å². The van der Waals surface area contributed by atoms with Gasteiger partial charge in [0.2, 0.25) is 5.91 Å². The average Bonchev–Trinajstić information content (AvgIpc) is 3.34. The molecule has 1 fully saturated rings. The Bertz CT molecular complexity index is 1060. The number of piperidine rings is 1. The van der Waals surface area contributed by atoms with E-state index >= 15 is 0 Å². The summed E-state index contributed by atoms with van der Waals surface area (Å²) in [7, 11) is 0. The number of hydrogen-bond donors (Lipinski definition) is 0. The highest BCUT2D eigenvalue weighted by molar-refractivity contribution is 5.97. The zero-order valence-corrected chi connectivity index (χ0v) is 17.5. The molecule has 4 heterocycles. The SMILES string of the molecule is CC1CCc2cc(F)ccc2N1C(=O)C1CCN(c2ccc(-n3cccn3)nn2)CC1. The number of nitrogens with zero attached hydrogens (tertiary/aromatic N) is 6. The minimum Gasteiger partial charge on any atom is -0.355 e. The molecule has 160 valence electrons. The van der Waals surface area contributed by atoms with Crippen molar-refractivity contribution in [3.8, 4) is 5.82 Å². The second-order valence-corrected chi connectivity index (χ2v) is 8.33. The first-order valence-corrected chi connectivity index (χ1v) is 10.8. The Balaban J connectivity index is 1.26. The van der Waals surface area contributed by atoms with E-state index in [9.17, 15) is 9.18 Å². The van der Waals surface area contributed by atoms with Crippen LogP contribution in [0.1, 0.15) is 31.7 Å². The van der Waals surface area contributed by atoms with Gasteiger partial charge in [-0.05, 0) is 74.6 Å². The van der Waals surface area contributed by atoms with E-state index in [4.69, 9.17) is 0 Å². The second kappa shape index (κ2) is 8.09. The molecule has 0 saturated carbocycles. The average molecular weight is 420 g/mol. The first-order valence-electron chi connectivity index (χ1n) is 10.8. The third-order valence-electron chi connectivity index (χ3n) is 6.35. The van der Waals surface area contributed by atoms with Gasteiger partial charge in [0.05, 0.1) is 0 Å². The predicted molar refractivity (Wildman–Crippen MR) is 116 cm³/mol. The van der Waals surface area contributed by atoms with E-state index in [2.05, 4.69) is 27.1 Å². The molecular weight excluding hydrogens is 395 g/mol. The molecule has 0 aliphatic carbocycles. The molecule has 2 aromatic heterocycles. The highest BCUT2D eigenvalue weighted by Gasteiger charge is 2.34. The van der Waals surface area contributed by atoms with Gasteiger partial charge < -0.3 is 9.80 Å². The summed E-state index contributed by atoms with van der Waals surface area (Å²) in [5.41, 5.74) is 1.80. The number of aromatic nitrogens is 4. The Kier molecular flexibility index (Phi) is 5.13. The van der Waals surface area contributed by atoms with Crippen molar-refractivity contribution in [3.05, 3.63) is 60.2 Å². The van der Waals surface area contributed by atoms with Gasteiger partial charge in [-0.1, -0.05) is 0 Å². The molecule has 7 nitrogen and oxygen atoms in total. The summed E-state index contributed by atoms with van der Waals surface area (Å²) in [6.45, 7) is 3.59. The molecule has 2 aliphatic rings. The van der Waals surface area contributed by atoms with Gasteiger partial charge in [-0.15, -0.1) is 10.2 Å². The largest absolute Gasteiger partial charge is 0.355 e. The van der Waals surface area contributed by atoms with Gasteiger partial charge in [0, 0.05) is 43.1 Å². The number of benzene rings is 1. The van der Waals surface area contributed by atoms with Gasteiger partial charge in [-0.3, -0.25) is 4.79 Å². The van der Waals surface area contributed by atoms with Crippen molar-refractivity contribution in [2.45, 2.75) is 38.6 Å². The Morgan fingerprint density at radius 2 is 1.84 bits per heavy atom. The van der Waals surface area contributed by atoms with Crippen LogP contribution >= 0.6 is 0 Å². The summed E-state index contributed by atoms with van der Waals surface area (Å²) < 4.78 is 15.3. The first kappa shape index (κ1) is 19.7. The number of hydrogen-bond acceptors (Lipinski definition) is 5. The molecule has 0 N–H and O–H groups in total. The Morgan fingerprint density at radius 1 is 1.06 bits per heavy atom. The Morgan fingerprint density at radius 3 is 2.55 bits per heavy atom. The van der Waals surface area contributed by atoms with Crippen molar-refractivity contribution >= 4 is 17.4 Å². The molecule has 0 radical (unpaired) electrons. The number of aryl methyl sites for hydroxylation is 1. The molecule has 8 heteroatoms. The van der Waals surface area contributed by atoms with Gasteiger partial charge >= 0.3 is 0 Å². The maximum Gasteiger partial charge on any atom is 0.230 e. The number of anilines is 2. The lowest BCUT2D eigenvalue weighted by molar-refractivity contribution is -0.123. The van der Waals surface area contributed by atoms with Crippen LogP contribution in [0.25, 0.3) is 5.82 Å². The van der Waals surface area contributed by atoms with Crippen molar-refractivity contribution in [2.75, 3.05) is 22.9 Å². The van der Waals surface area contributed by atoms with Crippen LogP contribution in [0.15, 0.2) is 48.8 Å². The molecule has 1 atom stereocenters. The van der Waals surface area contributed by atoms with Crippen molar-refractivity contribution in [1.82, 2.24) is 20.0 Å². The molecule has 5 rings (SSSR count). The molecule has 0 bridgehead atoms. The van der Waals surface area contributed by atoms with Crippen molar-refractivity contribution in [1.29, 1.82) is 0 Å². The monoisotopic (exact) mass is 420 g/mol. The van der Waals surface area contributed by atoms with E-state index in [1.54, 1.807) is 23.0 Å². The van der Waals surface area contributed by atoms with Crippen molar-refractivity contribution in [2.24, 2.45) is 5.92 Å². The van der Waals surface area contributed by atoms with E-state index in [1.165, 1.54) is 6.07 Å². The lowest BCUT2D eigenvalue weighted by Crippen LogP contribution is -2.48. The van der Waals surface area contributed by atoms with Crippen LogP contribution in [-0.2, 0) is 11.2 Å². The lowest BCUT2D eigenvalue weighted by atomic mass is 9.91. The van der Waals surface area contributed by atoms with E-state index in [0.717, 1.165) is 55.8 Å². The topological polar surface area (TPSA) is 67.2 Å². The van der Waals surface area contributed by atoms with E-state index in [-0.39, 0.29) is 23.7 Å². The standard InChI is InChI=1S/C23H25FN6O/c1-16-3-4-18-15-19(24)5-6-20(18)30(16)23(31)17-9-13-28(14-10-17)21-7-8-22(27-26-21)29-12-2-11-25-29/h2,5-8,11-12,15-17H,3-4,9-10,13-14H2,1H3. The van der Waals surface area contributed by atoms with Crippen LogP contribution in [0.5, 0.6) is 0 Å². The smallest absolute Gasteiger partial charge is 0.230 e. The van der Waals surface area contributed by atoms with Crippen LogP contribution in [0.4, 0.5) is 15.9 Å². The van der Waals surface area contributed by atoms with Crippen LogP contribution in [0, 0.1) is 11.7 Å². The number of carbonyl (C=O) groups excluding carboxylic acids is 1. The number of rotatable bonds is 3. The number of amides is 1. The highest BCUT2D eigenvalue weighted by atomic mass is 19.1. The summed E-state index contributed by atoms with van der Waals surface area (Å²) >= 11 is 0. The number of fused-ring (bicyclic) bond motifs is 1. The summed E-state index contributed by atoms with van der Waals surface area (Å²) in [4.78, 5) is 17.5. The summed E-state index contributed by atoms with van der Waals surface area (Å²) in [5.74, 6) is 1.36. The molecule has 1 unspecified atom stereocenters. The van der Waals surface area contributed by atoms with Gasteiger partial charge in [-0.25, -0.2) is 9.07 Å². The van der Waals surface area contributed by atoms with Crippen molar-refractivity contribution < 1.29 is 9.18 Å². The summed E-state index contributed by atoms with van der Waals surface area (Å²) in [5, 5.41) is 12.8. The van der Waals surface area contributed by atoms with Crippen LogP contribution in [-0.4, -0.2) is 45.0 Å². The fraction of sp³-hybridized carbons (Fsp3) is 0.391. The summed E-state index contributed by atoms with van der Waals surface area (Å²) in [6, 6.07) is 10.6. The van der Waals surface area contributed by atoms with E-state index in [0.29, 0.717) is 5.82 Å². The molecule has 1 saturated heterocycles. The summed E-state index contributed by atoms with van der Waals surface area (Å²) in [6.07, 6.45) is 6.73. The number of halogens is 1. The fourth-order valence-electron chi connectivity index (χ4n) is 4.62. The molecule has 0 spiro atoms. The molecular formula is C23H25FN6O. The lowest BCUT2D eigenvalue weighted by Gasteiger charge is -2.39. The molecule has 1 amide bonds. The predicted octanol–water partition coefficient (Wildman–Crippen LogP) is 3.39. The molecule has 31 heavy (non-hydrogen) atoms. The van der Waals surface area contributed by atoms with E-state index in [1.807, 2.05) is 29.3 Å². The third kappa shape index (κ3) is 3.78. The zero-order valence-electron chi connectivity index (χ0n) is 17.5. The van der Waals surface area contributed by atoms with E-state index < -0.39 is 0 Å². The first-order chi connectivity index (χ1) is 15.1. The maximum absolute atomic E-state index is 13.7. The highest BCUT2D eigenvalue weighted by Crippen LogP contribution is 2.34. The van der Waals surface area contributed by atoms with Gasteiger partial charge in [0.25, 0.3) is 0 Å². The van der Waals surface area contributed by atoms with Gasteiger partial charge in [0.1, 0.15) is 5.82 Å². The quantitative estimate of drug-likeness (QED) is 0.650. The fourth-order valence-corrected chi connectivity index (χ4v) is 4.62. The van der Waals surface area contributed by atoms with Crippen LogP contribution in [0.2, 0.25) is 0 Å². The normalized spacial score (nSPS) is 19.4. The van der Waals surface area contributed by atoms with Crippen molar-refractivity contribution in [3.63, 3.8) is 0 Å². The number of carbonyl (C=O) groups is 1. The molecule has 1 aromatic carbocycles. The minimum absolute atomic E-state index is 0.0361. The maximum atomic E-state index is 13.7. The molecule has 2 aliphatic heterocycles. The second-order valence-electron chi connectivity index (χ2n) is 8.33. The third-order valence-corrected chi connectivity index (χ3v) is 6.35. The van der Waals surface area contributed by atoms with Crippen LogP contribution < -0.4 is 9.80 Å². The minimum atomic E-state index is -0.242. The zero-order chi connectivity index (χ0) is 21.4. The van der Waals surface area contributed by atoms with Gasteiger partial charge in [0.15, 0.2) is 11.6 Å². The Hall–Kier alpha value is -3.29.